The number of rotatable bonds is 12. The number of hydrogen-bond donors (Lipinski definition) is 0. The quantitative estimate of drug-likeness (QED) is 0.192. The van der Waals surface area contributed by atoms with E-state index in [4.69, 9.17) is 9.47 Å². The molecule has 4 aromatic rings. The molecule has 0 N–H and O–H groups in total. The van der Waals surface area contributed by atoms with Crippen molar-refractivity contribution in [2.45, 2.75) is 38.0 Å². The normalized spacial score (nSPS) is 14.7. The predicted molar refractivity (Wildman–Crippen MR) is 164 cm³/mol. The largest absolute Gasteiger partial charge is 0.496 e. The van der Waals surface area contributed by atoms with E-state index in [2.05, 4.69) is 4.90 Å². The number of ether oxygens (including phenoxy) is 2. The van der Waals surface area contributed by atoms with Crippen LogP contribution in [0.3, 0.4) is 0 Å². The van der Waals surface area contributed by atoms with Crippen molar-refractivity contribution < 1.29 is 19.1 Å². The fourth-order valence-electron chi connectivity index (χ4n) is 5.79. The highest BCUT2D eigenvalue weighted by Crippen LogP contribution is 2.28. The number of ketones is 1. The molecule has 1 saturated heterocycles. The first-order valence-electron chi connectivity index (χ1n) is 14.6. The van der Waals surface area contributed by atoms with Crippen LogP contribution < -0.4 is 4.74 Å². The Kier molecular flexibility index (Phi) is 10.0. The summed E-state index contributed by atoms with van der Waals surface area (Å²) in [6.45, 7) is 2.19. The number of likely N-dealkylation sites (tertiary alicyclic amines) is 1. The summed E-state index contributed by atoms with van der Waals surface area (Å²) >= 11 is 0. The maximum atomic E-state index is 14.2. The highest BCUT2D eigenvalue weighted by atomic mass is 16.6. The molecule has 0 bridgehead atoms. The van der Waals surface area contributed by atoms with E-state index in [1.807, 2.05) is 120 Å². The standard InChI is InChI=1S/C36H38N2O4/c1-41-34-22-12-11-20-31(34)24-37(25-32-21-13-23-38(32)36(40)42-27-28-14-5-2-6-15-28)26-33(39)35(29-16-7-3-8-17-29)30-18-9-4-10-19-30/h2-12,14-20,22,32,35H,13,21,23-27H2,1H3. The molecule has 4 aromatic carbocycles. The molecule has 5 rings (SSSR count). The number of hydrogen-bond acceptors (Lipinski definition) is 5. The molecule has 1 unspecified atom stereocenters. The lowest BCUT2D eigenvalue weighted by Crippen LogP contribution is -2.45. The second kappa shape index (κ2) is 14.5. The number of carbonyl (C=O) groups is 2. The Labute approximate surface area is 248 Å². The minimum Gasteiger partial charge on any atom is -0.496 e. The van der Waals surface area contributed by atoms with Gasteiger partial charge in [-0.3, -0.25) is 9.69 Å². The van der Waals surface area contributed by atoms with Gasteiger partial charge in [-0.05, 0) is 35.6 Å². The number of amides is 1. The Morgan fingerprint density at radius 2 is 1.43 bits per heavy atom. The van der Waals surface area contributed by atoms with E-state index in [9.17, 15) is 9.59 Å². The van der Waals surface area contributed by atoms with Crippen LogP contribution in [0.2, 0.25) is 0 Å². The Bertz CT molecular complexity index is 1390. The van der Waals surface area contributed by atoms with Crippen LogP contribution in [0, 0.1) is 0 Å². The molecule has 1 aliphatic rings. The van der Waals surface area contributed by atoms with E-state index in [1.165, 1.54) is 0 Å². The van der Waals surface area contributed by atoms with Crippen molar-refractivity contribution in [3.8, 4) is 5.75 Å². The van der Waals surface area contributed by atoms with E-state index < -0.39 is 0 Å². The fourth-order valence-corrected chi connectivity index (χ4v) is 5.79. The van der Waals surface area contributed by atoms with Gasteiger partial charge in [-0.1, -0.05) is 109 Å². The van der Waals surface area contributed by atoms with Crippen molar-refractivity contribution in [3.05, 3.63) is 138 Å². The molecule has 1 heterocycles. The van der Waals surface area contributed by atoms with Crippen LogP contribution in [0.5, 0.6) is 5.75 Å². The lowest BCUT2D eigenvalue weighted by Gasteiger charge is -2.31. The zero-order valence-electron chi connectivity index (χ0n) is 24.1. The zero-order valence-corrected chi connectivity index (χ0v) is 24.1. The minimum atomic E-state index is -0.386. The average Bonchev–Trinajstić information content (AvgIpc) is 3.50. The molecule has 1 atom stereocenters. The molecule has 216 valence electrons. The first-order valence-corrected chi connectivity index (χ1v) is 14.6. The molecule has 1 fully saturated rings. The van der Waals surface area contributed by atoms with E-state index in [1.54, 1.807) is 7.11 Å². The minimum absolute atomic E-state index is 0.0531. The first kappa shape index (κ1) is 29.1. The number of methoxy groups -OCH3 is 1. The molecular weight excluding hydrogens is 524 g/mol. The average molecular weight is 563 g/mol. The van der Waals surface area contributed by atoms with E-state index in [0.717, 1.165) is 40.8 Å². The third kappa shape index (κ3) is 7.45. The maximum Gasteiger partial charge on any atom is 0.410 e. The molecule has 6 heteroatoms. The van der Waals surface area contributed by atoms with E-state index in [-0.39, 0.29) is 37.0 Å². The molecular formula is C36H38N2O4. The fraction of sp³-hybridized carbons (Fsp3) is 0.278. The first-order chi connectivity index (χ1) is 20.6. The number of benzene rings is 4. The van der Waals surface area contributed by atoms with Crippen molar-refractivity contribution >= 4 is 11.9 Å². The van der Waals surface area contributed by atoms with Crippen LogP contribution in [0.15, 0.2) is 115 Å². The van der Waals surface area contributed by atoms with Crippen molar-refractivity contribution in [1.82, 2.24) is 9.80 Å². The molecule has 0 spiro atoms. The summed E-state index contributed by atoms with van der Waals surface area (Å²) in [6, 6.07) is 37.5. The monoisotopic (exact) mass is 562 g/mol. The molecule has 1 aliphatic heterocycles. The highest BCUT2D eigenvalue weighted by Gasteiger charge is 2.33. The van der Waals surface area contributed by atoms with Crippen LogP contribution in [-0.4, -0.2) is 54.5 Å². The van der Waals surface area contributed by atoms with Gasteiger partial charge in [-0.15, -0.1) is 0 Å². The summed E-state index contributed by atoms with van der Waals surface area (Å²) in [5.74, 6) is 0.504. The summed E-state index contributed by atoms with van der Waals surface area (Å²) in [5.41, 5.74) is 3.90. The van der Waals surface area contributed by atoms with Gasteiger partial charge in [-0.25, -0.2) is 4.79 Å². The van der Waals surface area contributed by atoms with Crippen molar-refractivity contribution in [2.75, 3.05) is 26.7 Å². The third-order valence-electron chi connectivity index (χ3n) is 7.84. The summed E-state index contributed by atoms with van der Waals surface area (Å²) in [5, 5.41) is 0. The van der Waals surface area contributed by atoms with Gasteiger partial charge in [-0.2, -0.15) is 0 Å². The molecule has 1 amide bonds. The highest BCUT2D eigenvalue weighted by molar-refractivity contribution is 5.90. The molecule has 0 aromatic heterocycles. The van der Waals surface area contributed by atoms with Crippen LogP contribution in [0.25, 0.3) is 0 Å². The van der Waals surface area contributed by atoms with Gasteiger partial charge in [0.15, 0.2) is 5.78 Å². The van der Waals surface area contributed by atoms with Crippen molar-refractivity contribution in [3.63, 3.8) is 0 Å². The predicted octanol–water partition coefficient (Wildman–Crippen LogP) is 6.70. The Morgan fingerprint density at radius 1 is 0.833 bits per heavy atom. The van der Waals surface area contributed by atoms with Gasteiger partial charge in [0.05, 0.1) is 19.6 Å². The topological polar surface area (TPSA) is 59.1 Å². The van der Waals surface area contributed by atoms with Gasteiger partial charge < -0.3 is 14.4 Å². The van der Waals surface area contributed by atoms with E-state index in [0.29, 0.717) is 19.6 Å². The summed E-state index contributed by atoms with van der Waals surface area (Å²) < 4.78 is 11.3. The SMILES string of the molecule is COc1ccccc1CN(CC(=O)C(c1ccccc1)c1ccccc1)CC1CCCN1C(=O)OCc1ccccc1. The number of nitrogens with zero attached hydrogens (tertiary/aromatic N) is 2. The number of carbonyl (C=O) groups excluding carboxylic acids is 2. The van der Waals surface area contributed by atoms with Crippen LogP contribution in [-0.2, 0) is 22.7 Å². The van der Waals surface area contributed by atoms with Gasteiger partial charge in [0.1, 0.15) is 12.4 Å². The lowest BCUT2D eigenvalue weighted by molar-refractivity contribution is -0.121. The summed E-state index contributed by atoms with van der Waals surface area (Å²) in [6.07, 6.45) is 1.45. The second-order valence-corrected chi connectivity index (χ2v) is 10.7. The second-order valence-electron chi connectivity index (χ2n) is 10.7. The van der Waals surface area contributed by atoms with Gasteiger partial charge >= 0.3 is 6.09 Å². The van der Waals surface area contributed by atoms with E-state index >= 15 is 0 Å². The maximum absolute atomic E-state index is 14.2. The number of para-hydroxylation sites is 1. The summed E-state index contributed by atoms with van der Waals surface area (Å²) in [4.78, 5) is 31.3. The smallest absolute Gasteiger partial charge is 0.410 e. The van der Waals surface area contributed by atoms with Crippen molar-refractivity contribution in [2.24, 2.45) is 0 Å². The van der Waals surface area contributed by atoms with Crippen LogP contribution in [0.1, 0.15) is 41.0 Å². The molecule has 0 saturated carbocycles. The Morgan fingerprint density at radius 3 is 2.07 bits per heavy atom. The van der Waals surface area contributed by atoms with Gasteiger partial charge in [0, 0.05) is 31.2 Å². The zero-order chi connectivity index (χ0) is 29.1. The van der Waals surface area contributed by atoms with Gasteiger partial charge in [0.2, 0.25) is 0 Å². The molecule has 6 nitrogen and oxygen atoms in total. The van der Waals surface area contributed by atoms with Gasteiger partial charge in [0.25, 0.3) is 0 Å². The Balaban J connectivity index is 1.37. The number of Topliss-reactive ketones (excluding diaryl/α,β-unsaturated/α-hetero) is 1. The van der Waals surface area contributed by atoms with Crippen LogP contribution >= 0.6 is 0 Å². The van der Waals surface area contributed by atoms with Crippen molar-refractivity contribution in [1.29, 1.82) is 0 Å². The molecule has 42 heavy (non-hydrogen) atoms. The third-order valence-corrected chi connectivity index (χ3v) is 7.84. The molecule has 0 radical (unpaired) electrons. The Hall–Kier alpha value is -4.42. The lowest BCUT2D eigenvalue weighted by atomic mass is 9.87. The summed E-state index contributed by atoms with van der Waals surface area (Å²) in [7, 11) is 1.66. The molecule has 0 aliphatic carbocycles. The van der Waals surface area contributed by atoms with Crippen LogP contribution in [0.4, 0.5) is 4.79 Å².